The lowest BCUT2D eigenvalue weighted by Gasteiger charge is -2.27. The Balaban J connectivity index is 2.65. The molecule has 24 heavy (non-hydrogen) atoms. The molecule has 0 aliphatic rings. The van der Waals surface area contributed by atoms with Gasteiger partial charge >= 0.3 is 0 Å². The van der Waals surface area contributed by atoms with Gasteiger partial charge in [-0.2, -0.15) is 11.1 Å². The summed E-state index contributed by atoms with van der Waals surface area (Å²) in [6.45, 7) is 15.2. The van der Waals surface area contributed by atoms with Crippen LogP contribution in [-0.4, -0.2) is 14.7 Å². The van der Waals surface area contributed by atoms with Crippen LogP contribution in [-0.2, 0) is 5.41 Å². The maximum atomic E-state index is 7.05. The van der Waals surface area contributed by atoms with Crippen LogP contribution in [0.5, 0.6) is 5.75 Å². The Morgan fingerprint density at radius 1 is 1.12 bits per heavy atom. The minimum Gasteiger partial charge on any atom is -0.489 e. The zero-order valence-corrected chi connectivity index (χ0v) is 17.2. The minimum absolute atomic E-state index is 0.00594. The first-order chi connectivity index (χ1) is 11.3. The molecule has 1 nitrogen and oxygen atoms in total. The van der Waals surface area contributed by atoms with Gasteiger partial charge in [-0.1, -0.05) is 81.0 Å². The summed E-state index contributed by atoms with van der Waals surface area (Å²) >= 11 is 7.05. The molecule has 0 amide bonds. The molecule has 2 aromatic carbocycles. The highest BCUT2D eigenvalue weighted by Crippen LogP contribution is 2.32. The first-order valence-electron chi connectivity index (χ1n) is 8.34. The van der Waals surface area contributed by atoms with Crippen LogP contribution < -0.4 is 15.1 Å². The van der Waals surface area contributed by atoms with E-state index in [1.165, 1.54) is 21.9 Å². The number of halogens is 1. The van der Waals surface area contributed by atoms with Gasteiger partial charge in [-0.3, -0.25) is 0 Å². The third kappa shape index (κ3) is 4.11. The van der Waals surface area contributed by atoms with Crippen molar-refractivity contribution in [2.45, 2.75) is 40.0 Å². The van der Waals surface area contributed by atoms with Crippen molar-refractivity contribution in [3.8, 4) is 5.75 Å². The summed E-state index contributed by atoms with van der Waals surface area (Å²) in [6, 6.07) is 12.8. The van der Waals surface area contributed by atoms with Crippen molar-refractivity contribution in [1.82, 2.24) is 0 Å². The van der Waals surface area contributed by atoms with Gasteiger partial charge in [-0.25, -0.2) is 0 Å². The van der Waals surface area contributed by atoms with Crippen molar-refractivity contribution in [3.05, 3.63) is 65.7 Å². The molecule has 2 rings (SSSR count). The first kappa shape index (κ1) is 18.8. The van der Waals surface area contributed by atoms with Crippen LogP contribution in [0.2, 0.25) is 0 Å². The van der Waals surface area contributed by atoms with Crippen LogP contribution in [0, 0.1) is 13.8 Å². The first-order valence-corrected chi connectivity index (χ1v) is 11.2. The standard InChI is InChI=1S/C21H27ClOSi/c1-7-12-23-20-17(21(4,5)6)13-15(2)14-19(20)24(22)18-11-9-8-10-16(18)3/h7-11,13-14,24H,1,12H2,2-6H3. The highest BCUT2D eigenvalue weighted by molar-refractivity contribution is 7.21. The van der Waals surface area contributed by atoms with Gasteiger partial charge in [0.15, 0.2) is 0 Å². The van der Waals surface area contributed by atoms with Crippen molar-refractivity contribution < 1.29 is 4.74 Å². The summed E-state index contributed by atoms with van der Waals surface area (Å²) in [4.78, 5) is 0. The number of rotatable bonds is 5. The fourth-order valence-corrected chi connectivity index (χ4v) is 6.10. The number of aryl methyl sites for hydroxylation is 2. The Labute approximate surface area is 152 Å². The number of benzene rings is 2. The molecule has 0 aromatic heterocycles. The highest BCUT2D eigenvalue weighted by atomic mass is 35.6. The molecular weight excluding hydrogens is 332 g/mol. The molecule has 0 heterocycles. The van der Waals surface area contributed by atoms with Crippen LogP contribution in [0.3, 0.4) is 0 Å². The molecule has 0 saturated heterocycles. The van der Waals surface area contributed by atoms with E-state index in [1.807, 2.05) is 0 Å². The highest BCUT2D eigenvalue weighted by Gasteiger charge is 2.27. The zero-order chi connectivity index (χ0) is 17.9. The largest absolute Gasteiger partial charge is 0.489 e. The van der Waals surface area contributed by atoms with E-state index in [0.717, 1.165) is 10.9 Å². The molecule has 0 spiro atoms. The molecule has 0 aliphatic heterocycles. The molecule has 3 heteroatoms. The van der Waals surface area contributed by atoms with Gasteiger partial charge in [-0.05, 0) is 30.0 Å². The Kier molecular flexibility index (Phi) is 5.95. The Bertz CT molecular complexity index is 731. The molecule has 1 atom stereocenters. The van der Waals surface area contributed by atoms with E-state index in [2.05, 4.69) is 77.6 Å². The van der Waals surface area contributed by atoms with Gasteiger partial charge in [0.25, 0.3) is 0 Å². The second-order valence-electron chi connectivity index (χ2n) is 7.30. The molecule has 0 bridgehead atoms. The smallest absolute Gasteiger partial charge is 0.206 e. The number of hydrogen-bond acceptors (Lipinski definition) is 1. The second-order valence-corrected chi connectivity index (χ2v) is 10.6. The van der Waals surface area contributed by atoms with Gasteiger partial charge < -0.3 is 4.74 Å². The molecule has 0 fully saturated rings. The maximum Gasteiger partial charge on any atom is 0.206 e. The normalized spacial score (nSPS) is 12.8. The molecular formula is C21H27ClOSi. The third-order valence-electron chi connectivity index (χ3n) is 4.15. The Hall–Kier alpha value is -1.51. The average molecular weight is 359 g/mol. The summed E-state index contributed by atoms with van der Waals surface area (Å²) in [6.07, 6.45) is 1.79. The quantitative estimate of drug-likeness (QED) is 0.441. The van der Waals surface area contributed by atoms with E-state index in [9.17, 15) is 0 Å². The Morgan fingerprint density at radius 2 is 1.79 bits per heavy atom. The summed E-state index contributed by atoms with van der Waals surface area (Å²) < 4.78 is 6.11. The van der Waals surface area contributed by atoms with Crippen molar-refractivity contribution >= 4 is 29.6 Å². The average Bonchev–Trinajstić information content (AvgIpc) is 2.52. The lowest BCUT2D eigenvalue weighted by molar-refractivity contribution is 0.354. The van der Waals surface area contributed by atoms with E-state index in [4.69, 9.17) is 15.8 Å². The van der Waals surface area contributed by atoms with Crippen LogP contribution in [0.4, 0.5) is 0 Å². The van der Waals surface area contributed by atoms with Gasteiger partial charge in [-0.15, -0.1) is 0 Å². The van der Waals surface area contributed by atoms with Crippen molar-refractivity contribution in [2.24, 2.45) is 0 Å². The van der Waals surface area contributed by atoms with E-state index in [0.29, 0.717) is 6.61 Å². The predicted molar refractivity (Wildman–Crippen MR) is 109 cm³/mol. The fourth-order valence-electron chi connectivity index (χ4n) is 2.89. The molecule has 128 valence electrons. The van der Waals surface area contributed by atoms with Crippen molar-refractivity contribution in [2.75, 3.05) is 6.61 Å². The van der Waals surface area contributed by atoms with E-state index >= 15 is 0 Å². The lowest BCUT2D eigenvalue weighted by Crippen LogP contribution is -2.40. The predicted octanol–water partition coefficient (Wildman–Crippen LogP) is 4.24. The van der Waals surface area contributed by atoms with Gasteiger partial charge in [0.2, 0.25) is 8.11 Å². The van der Waals surface area contributed by atoms with E-state index < -0.39 is 8.11 Å². The molecule has 0 radical (unpaired) electrons. The van der Waals surface area contributed by atoms with Crippen LogP contribution in [0.1, 0.15) is 37.5 Å². The van der Waals surface area contributed by atoms with Gasteiger partial charge in [0.1, 0.15) is 12.4 Å². The summed E-state index contributed by atoms with van der Waals surface area (Å²) in [5.41, 5.74) is 3.69. The van der Waals surface area contributed by atoms with E-state index in [1.54, 1.807) is 6.08 Å². The van der Waals surface area contributed by atoms with Crippen LogP contribution >= 0.6 is 11.1 Å². The minimum atomic E-state index is -1.86. The van der Waals surface area contributed by atoms with Crippen LogP contribution in [0.15, 0.2) is 49.1 Å². The lowest BCUT2D eigenvalue weighted by atomic mass is 9.85. The van der Waals surface area contributed by atoms with E-state index in [-0.39, 0.29) is 5.41 Å². The number of hydrogen-bond donors (Lipinski definition) is 0. The summed E-state index contributed by atoms with van der Waals surface area (Å²) in [5, 5.41) is 2.42. The SMILES string of the molecule is C=CCOc1c([SiH](Cl)c2ccccc2C)cc(C)cc1C(C)(C)C. The van der Waals surface area contributed by atoms with Crippen molar-refractivity contribution in [1.29, 1.82) is 0 Å². The Morgan fingerprint density at radius 3 is 2.38 bits per heavy atom. The van der Waals surface area contributed by atoms with Crippen LogP contribution in [0.25, 0.3) is 0 Å². The third-order valence-corrected chi connectivity index (χ3v) is 7.73. The van der Waals surface area contributed by atoms with Crippen molar-refractivity contribution in [3.63, 3.8) is 0 Å². The summed E-state index contributed by atoms with van der Waals surface area (Å²) in [7, 11) is -1.86. The summed E-state index contributed by atoms with van der Waals surface area (Å²) in [5.74, 6) is 0.947. The monoisotopic (exact) mass is 358 g/mol. The second kappa shape index (κ2) is 7.58. The maximum absolute atomic E-state index is 7.05. The number of ether oxygens (including phenoxy) is 1. The topological polar surface area (TPSA) is 9.23 Å². The fraction of sp³-hybridized carbons (Fsp3) is 0.333. The molecule has 0 saturated carbocycles. The molecule has 2 aromatic rings. The molecule has 0 N–H and O–H groups in total. The van der Waals surface area contributed by atoms with Gasteiger partial charge in [0, 0.05) is 5.19 Å². The molecule has 1 unspecified atom stereocenters. The molecule has 0 aliphatic carbocycles. The van der Waals surface area contributed by atoms with Gasteiger partial charge in [0.05, 0.1) is 0 Å². The zero-order valence-electron chi connectivity index (χ0n) is 15.3.